The molecular formula is C22H26FN7O5. The molecule has 2 N–H and O–H groups in total. The summed E-state index contributed by atoms with van der Waals surface area (Å²) in [6.07, 6.45) is 0.612. The molecule has 3 amide bonds. The number of rotatable bonds is 2. The summed E-state index contributed by atoms with van der Waals surface area (Å²) in [4.78, 5) is 44.9. The molecule has 2 saturated heterocycles. The van der Waals surface area contributed by atoms with Gasteiger partial charge in [0.2, 0.25) is 5.96 Å². The zero-order valence-electron chi connectivity index (χ0n) is 19.5. The van der Waals surface area contributed by atoms with Gasteiger partial charge in [-0.05, 0) is 32.9 Å². The van der Waals surface area contributed by atoms with E-state index >= 15 is 0 Å². The number of amides is 3. The third-order valence-corrected chi connectivity index (χ3v) is 5.72. The highest BCUT2D eigenvalue weighted by Crippen LogP contribution is 2.33. The molecule has 0 bridgehead atoms. The van der Waals surface area contributed by atoms with Crippen LogP contribution in [0.15, 0.2) is 35.6 Å². The first-order chi connectivity index (χ1) is 16.5. The van der Waals surface area contributed by atoms with E-state index in [-0.39, 0.29) is 29.0 Å². The molecule has 1 aromatic carbocycles. The van der Waals surface area contributed by atoms with Crippen molar-refractivity contribution >= 4 is 24.1 Å². The normalized spacial score (nSPS) is 20.1. The van der Waals surface area contributed by atoms with Crippen LogP contribution in [0.3, 0.4) is 0 Å². The van der Waals surface area contributed by atoms with Gasteiger partial charge in [-0.25, -0.2) is 14.0 Å². The molecule has 12 nitrogen and oxygen atoms in total. The van der Waals surface area contributed by atoms with E-state index in [9.17, 15) is 23.9 Å². The van der Waals surface area contributed by atoms with Crippen molar-refractivity contribution in [2.75, 3.05) is 26.2 Å². The average molecular weight is 487 g/mol. The van der Waals surface area contributed by atoms with Crippen LogP contribution >= 0.6 is 0 Å². The summed E-state index contributed by atoms with van der Waals surface area (Å²) in [5.41, 5.74) is -0.648. The van der Waals surface area contributed by atoms with E-state index in [2.05, 4.69) is 20.5 Å². The molecule has 2 fully saturated rings. The standard InChI is InChI=1S/C22H26FN7O5/c1-22(2,3)35-21(34)27-19(26-20(32)33)29-11-13-9-28(10-14(13)12-29)18(31)17-15(23)5-4-6-16(17)30-24-7-8-25-30/h4-8,13-14H,9-12H2,1-3H3,(H,32,33)(H,26,27,34). The molecule has 0 radical (unpaired) electrons. The number of nitrogens with zero attached hydrogens (tertiary/aromatic N) is 6. The molecule has 2 aromatic rings. The van der Waals surface area contributed by atoms with Crippen molar-refractivity contribution in [1.82, 2.24) is 30.1 Å². The van der Waals surface area contributed by atoms with Crippen LogP contribution in [0.5, 0.6) is 0 Å². The molecule has 3 heterocycles. The highest BCUT2D eigenvalue weighted by atomic mass is 19.1. The molecule has 4 rings (SSSR count). The smallest absolute Gasteiger partial charge is 0.437 e. The molecule has 2 atom stereocenters. The van der Waals surface area contributed by atoms with Crippen LogP contribution in [-0.4, -0.2) is 85.7 Å². The summed E-state index contributed by atoms with van der Waals surface area (Å²) in [7, 11) is 0. The van der Waals surface area contributed by atoms with E-state index < -0.39 is 29.5 Å². The Bertz CT molecular complexity index is 1150. The summed E-state index contributed by atoms with van der Waals surface area (Å²) in [5.74, 6) is -1.29. The number of ether oxygens (including phenoxy) is 1. The fourth-order valence-corrected chi connectivity index (χ4v) is 4.37. The monoisotopic (exact) mass is 487 g/mol. The molecular weight excluding hydrogens is 461 g/mol. The Morgan fingerprint density at radius 2 is 1.69 bits per heavy atom. The fraction of sp³-hybridized carbons (Fsp3) is 0.455. The second-order valence-corrected chi connectivity index (χ2v) is 9.43. The molecule has 0 saturated carbocycles. The van der Waals surface area contributed by atoms with Crippen LogP contribution in [0.4, 0.5) is 14.0 Å². The quantitative estimate of drug-likeness (QED) is 0.484. The molecule has 186 valence electrons. The lowest BCUT2D eigenvalue weighted by molar-refractivity contribution is 0.0601. The van der Waals surface area contributed by atoms with Gasteiger partial charge in [0.15, 0.2) is 0 Å². The topological polar surface area (TPSA) is 142 Å². The first-order valence-corrected chi connectivity index (χ1v) is 11.0. The number of halogens is 1. The van der Waals surface area contributed by atoms with Crippen molar-refractivity contribution in [3.05, 3.63) is 42.0 Å². The Morgan fingerprint density at radius 1 is 1.09 bits per heavy atom. The zero-order valence-corrected chi connectivity index (χ0v) is 19.5. The number of nitrogens with one attached hydrogen (secondary N) is 1. The lowest BCUT2D eigenvalue weighted by Gasteiger charge is -2.24. The van der Waals surface area contributed by atoms with Gasteiger partial charge in [-0.15, -0.1) is 4.99 Å². The number of carboxylic acid groups (broad SMARTS) is 1. The van der Waals surface area contributed by atoms with Gasteiger partial charge in [-0.2, -0.15) is 15.0 Å². The van der Waals surface area contributed by atoms with Crippen molar-refractivity contribution in [2.45, 2.75) is 26.4 Å². The van der Waals surface area contributed by atoms with Crippen LogP contribution in [0.2, 0.25) is 0 Å². The molecule has 35 heavy (non-hydrogen) atoms. The summed E-state index contributed by atoms with van der Waals surface area (Å²) in [6, 6.07) is 4.28. The Hall–Kier alpha value is -4.03. The molecule has 2 unspecified atom stereocenters. The maximum Gasteiger partial charge on any atom is 0.437 e. The third-order valence-electron chi connectivity index (χ3n) is 5.72. The Kier molecular flexibility index (Phi) is 6.41. The summed E-state index contributed by atoms with van der Waals surface area (Å²) in [6.45, 7) is 6.45. The van der Waals surface area contributed by atoms with Gasteiger partial charge >= 0.3 is 12.2 Å². The lowest BCUT2D eigenvalue weighted by Crippen LogP contribution is -2.45. The Labute approximate surface area is 200 Å². The molecule has 1 aromatic heterocycles. The largest absolute Gasteiger partial charge is 0.465 e. The van der Waals surface area contributed by atoms with E-state index in [0.29, 0.717) is 26.2 Å². The predicted molar refractivity (Wildman–Crippen MR) is 121 cm³/mol. The van der Waals surface area contributed by atoms with E-state index in [0.717, 1.165) is 0 Å². The number of carbonyl (C=O) groups excluding carboxylic acids is 2. The first-order valence-electron chi connectivity index (χ1n) is 11.0. The van der Waals surface area contributed by atoms with Crippen LogP contribution in [-0.2, 0) is 4.74 Å². The van der Waals surface area contributed by atoms with Gasteiger partial charge in [-0.1, -0.05) is 6.07 Å². The van der Waals surface area contributed by atoms with Gasteiger partial charge in [0.25, 0.3) is 5.91 Å². The van der Waals surface area contributed by atoms with Gasteiger partial charge in [0.1, 0.15) is 22.7 Å². The van der Waals surface area contributed by atoms with Gasteiger partial charge < -0.3 is 19.6 Å². The fourth-order valence-electron chi connectivity index (χ4n) is 4.37. The van der Waals surface area contributed by atoms with Gasteiger partial charge in [-0.3, -0.25) is 10.1 Å². The lowest BCUT2D eigenvalue weighted by atomic mass is 10.0. The number of carbonyl (C=O) groups is 3. The third kappa shape index (κ3) is 5.39. The molecule has 2 aliphatic rings. The van der Waals surface area contributed by atoms with E-state index in [1.165, 1.54) is 29.3 Å². The highest BCUT2D eigenvalue weighted by molar-refractivity contribution is 5.99. The molecule has 0 spiro atoms. The molecule has 0 aliphatic carbocycles. The summed E-state index contributed by atoms with van der Waals surface area (Å²) >= 11 is 0. The minimum atomic E-state index is -1.36. The first kappa shape index (κ1) is 24.1. The maximum atomic E-state index is 14.7. The second-order valence-electron chi connectivity index (χ2n) is 9.43. The van der Waals surface area contributed by atoms with Crippen molar-refractivity contribution in [1.29, 1.82) is 0 Å². The van der Waals surface area contributed by atoms with Gasteiger partial charge in [0.05, 0.1) is 12.4 Å². The zero-order chi connectivity index (χ0) is 25.3. The van der Waals surface area contributed by atoms with Crippen LogP contribution in [0.1, 0.15) is 31.1 Å². The molecule has 13 heteroatoms. The number of likely N-dealkylation sites (tertiary alicyclic amines) is 2. The average Bonchev–Trinajstić information content (AvgIpc) is 3.47. The maximum absolute atomic E-state index is 14.7. The minimum absolute atomic E-state index is 0.0172. The van der Waals surface area contributed by atoms with E-state index in [4.69, 9.17) is 4.74 Å². The van der Waals surface area contributed by atoms with Crippen LogP contribution in [0.25, 0.3) is 5.69 Å². The van der Waals surface area contributed by atoms with E-state index in [1.54, 1.807) is 36.6 Å². The van der Waals surface area contributed by atoms with Crippen molar-refractivity contribution in [3.63, 3.8) is 0 Å². The molecule has 2 aliphatic heterocycles. The summed E-state index contributed by atoms with van der Waals surface area (Å²) < 4.78 is 19.9. The van der Waals surface area contributed by atoms with Crippen molar-refractivity contribution < 1.29 is 28.6 Å². The number of guanidine groups is 1. The number of hydrogen-bond acceptors (Lipinski definition) is 6. The number of aliphatic imine (C=N–C) groups is 1. The van der Waals surface area contributed by atoms with E-state index in [1.807, 2.05) is 0 Å². The van der Waals surface area contributed by atoms with Crippen LogP contribution in [0, 0.1) is 17.7 Å². The summed E-state index contributed by atoms with van der Waals surface area (Å²) in [5, 5.41) is 19.4. The number of benzene rings is 1. The van der Waals surface area contributed by atoms with Crippen LogP contribution < -0.4 is 5.32 Å². The second kappa shape index (κ2) is 9.31. The van der Waals surface area contributed by atoms with Gasteiger partial charge in [0, 0.05) is 38.0 Å². The Balaban J connectivity index is 1.48. The SMILES string of the molecule is CC(C)(C)OC(=O)N=C(NC(=O)O)N1CC2CN(C(=O)c3c(F)cccc3-n3nccn3)CC2C1. The highest BCUT2D eigenvalue weighted by Gasteiger charge is 2.44. The van der Waals surface area contributed by atoms with Crippen molar-refractivity contribution in [3.8, 4) is 5.69 Å². The number of fused-ring (bicyclic) bond motifs is 1. The predicted octanol–water partition coefficient (Wildman–Crippen LogP) is 1.97. The Morgan fingerprint density at radius 3 is 2.26 bits per heavy atom. The number of aromatic nitrogens is 3. The van der Waals surface area contributed by atoms with Crippen molar-refractivity contribution in [2.24, 2.45) is 16.8 Å². The minimum Gasteiger partial charge on any atom is -0.465 e. The number of hydrogen-bond donors (Lipinski definition) is 2.